The van der Waals surface area contributed by atoms with Gasteiger partial charge in [-0.1, -0.05) is 24.3 Å². The van der Waals surface area contributed by atoms with Crippen LogP contribution in [-0.4, -0.2) is 15.7 Å². The van der Waals surface area contributed by atoms with Gasteiger partial charge in [-0.25, -0.2) is 9.67 Å². The van der Waals surface area contributed by atoms with Crippen molar-refractivity contribution in [2.24, 2.45) is 10.7 Å². The molecule has 1 aromatic heterocycles. The van der Waals surface area contributed by atoms with Crippen LogP contribution in [0.15, 0.2) is 53.5 Å². The van der Waals surface area contributed by atoms with Gasteiger partial charge in [0.05, 0.1) is 17.9 Å². The van der Waals surface area contributed by atoms with Crippen molar-refractivity contribution >= 4 is 35.6 Å². The maximum Gasteiger partial charge on any atom is 0.193 e. The molecule has 0 radical (unpaired) electrons. The Morgan fingerprint density at radius 2 is 1.78 bits per heavy atom. The summed E-state index contributed by atoms with van der Waals surface area (Å²) < 4.78 is 1.95. The Balaban J connectivity index is 0.00000261. The van der Waals surface area contributed by atoms with E-state index in [9.17, 15) is 0 Å². The van der Waals surface area contributed by atoms with E-state index in [0.29, 0.717) is 12.5 Å². The highest BCUT2D eigenvalue weighted by Gasteiger charge is 2.08. The number of aromatic nitrogens is 2. The van der Waals surface area contributed by atoms with E-state index in [1.807, 2.05) is 29.8 Å². The molecule has 0 aliphatic rings. The lowest BCUT2D eigenvalue weighted by Crippen LogP contribution is -2.22. The highest BCUT2D eigenvalue weighted by molar-refractivity contribution is 14.0. The number of benzene rings is 2. The van der Waals surface area contributed by atoms with Crippen LogP contribution >= 0.6 is 24.0 Å². The van der Waals surface area contributed by atoms with Crippen molar-refractivity contribution in [1.29, 1.82) is 0 Å². The summed E-state index contributed by atoms with van der Waals surface area (Å²) in [4.78, 5) is 4.51. The van der Waals surface area contributed by atoms with E-state index in [4.69, 9.17) is 5.73 Å². The molecule has 0 saturated carbocycles. The number of nitrogens with two attached hydrogens (primary N) is 1. The maximum atomic E-state index is 6.08. The molecule has 0 saturated heterocycles. The molecule has 1 heterocycles. The fourth-order valence-electron chi connectivity index (χ4n) is 2.90. The Bertz CT molecular complexity index is 959. The Morgan fingerprint density at radius 3 is 2.44 bits per heavy atom. The lowest BCUT2D eigenvalue weighted by molar-refractivity contribution is 0.818. The highest BCUT2D eigenvalue weighted by Crippen LogP contribution is 2.18. The van der Waals surface area contributed by atoms with Gasteiger partial charge in [0.25, 0.3) is 0 Å². The molecule has 0 aliphatic carbocycles. The van der Waals surface area contributed by atoms with Crippen LogP contribution in [0.3, 0.4) is 0 Å². The molecule has 3 aromatic rings. The monoisotopic (exact) mass is 475 g/mol. The second-order valence-corrected chi connectivity index (χ2v) is 6.59. The third-order valence-corrected chi connectivity index (χ3v) is 4.43. The number of halogens is 1. The number of rotatable bonds is 4. The zero-order valence-corrected chi connectivity index (χ0v) is 18.5. The summed E-state index contributed by atoms with van der Waals surface area (Å²) in [5.74, 6) is 0.399. The molecular formula is C21H26IN5. The summed E-state index contributed by atoms with van der Waals surface area (Å²) in [7, 11) is 0. The summed E-state index contributed by atoms with van der Waals surface area (Å²) in [5, 5.41) is 7.74. The van der Waals surface area contributed by atoms with Crippen LogP contribution in [0.25, 0.3) is 5.69 Å². The fourth-order valence-corrected chi connectivity index (χ4v) is 2.90. The number of aryl methyl sites for hydroxylation is 4. The van der Waals surface area contributed by atoms with Crippen LogP contribution < -0.4 is 11.1 Å². The molecule has 3 N–H and O–H groups in total. The molecule has 2 aromatic carbocycles. The minimum absolute atomic E-state index is 0. The summed E-state index contributed by atoms with van der Waals surface area (Å²) in [6.45, 7) is 8.70. The Labute approximate surface area is 177 Å². The van der Waals surface area contributed by atoms with Crippen LogP contribution in [0.5, 0.6) is 0 Å². The largest absolute Gasteiger partial charge is 0.370 e. The molecule has 0 atom stereocenters. The number of nitrogens with one attached hydrogen (secondary N) is 1. The van der Waals surface area contributed by atoms with Gasteiger partial charge < -0.3 is 11.1 Å². The van der Waals surface area contributed by atoms with Crippen LogP contribution in [-0.2, 0) is 6.54 Å². The minimum Gasteiger partial charge on any atom is -0.370 e. The van der Waals surface area contributed by atoms with Crippen molar-refractivity contribution in [2.45, 2.75) is 34.2 Å². The van der Waals surface area contributed by atoms with E-state index in [1.54, 1.807) is 0 Å². The van der Waals surface area contributed by atoms with Gasteiger partial charge in [0.2, 0.25) is 0 Å². The maximum absolute atomic E-state index is 6.08. The number of para-hydroxylation sites is 1. The molecule has 27 heavy (non-hydrogen) atoms. The van der Waals surface area contributed by atoms with Crippen molar-refractivity contribution < 1.29 is 0 Å². The molecular weight excluding hydrogens is 449 g/mol. The molecule has 6 heteroatoms. The first kappa shape index (κ1) is 21.0. The first-order chi connectivity index (χ1) is 12.4. The Hall–Kier alpha value is -2.35. The predicted octanol–water partition coefficient (Wildman–Crippen LogP) is 4.65. The lowest BCUT2D eigenvalue weighted by Gasteiger charge is -2.11. The molecule has 0 amide bonds. The summed E-state index contributed by atoms with van der Waals surface area (Å²) >= 11 is 0. The van der Waals surface area contributed by atoms with Crippen LogP contribution in [0, 0.1) is 27.7 Å². The normalized spacial score (nSPS) is 11.2. The van der Waals surface area contributed by atoms with Gasteiger partial charge >= 0.3 is 0 Å². The highest BCUT2D eigenvalue weighted by atomic mass is 127. The quantitative estimate of drug-likeness (QED) is 0.328. The van der Waals surface area contributed by atoms with E-state index >= 15 is 0 Å². The molecule has 0 bridgehead atoms. The van der Waals surface area contributed by atoms with Crippen molar-refractivity contribution in [1.82, 2.24) is 9.78 Å². The minimum atomic E-state index is 0. The molecule has 0 unspecified atom stereocenters. The number of guanidine groups is 1. The number of hydrogen-bond acceptors (Lipinski definition) is 2. The average Bonchev–Trinajstić information content (AvgIpc) is 2.95. The summed E-state index contributed by atoms with van der Waals surface area (Å²) in [6.07, 6.45) is 0. The molecule has 142 valence electrons. The first-order valence-electron chi connectivity index (χ1n) is 8.70. The van der Waals surface area contributed by atoms with Crippen molar-refractivity contribution in [3.8, 4) is 5.69 Å². The van der Waals surface area contributed by atoms with Gasteiger partial charge in [-0.05, 0) is 68.7 Å². The van der Waals surface area contributed by atoms with Crippen LogP contribution in [0.4, 0.5) is 5.69 Å². The Morgan fingerprint density at radius 1 is 1.04 bits per heavy atom. The second kappa shape index (κ2) is 9.03. The molecule has 0 spiro atoms. The molecule has 5 nitrogen and oxygen atoms in total. The molecule has 0 aliphatic heterocycles. The molecule has 0 fully saturated rings. The van der Waals surface area contributed by atoms with Crippen LogP contribution in [0.2, 0.25) is 0 Å². The number of aliphatic imine (C=N–C) groups is 1. The zero-order valence-electron chi connectivity index (χ0n) is 16.2. The summed E-state index contributed by atoms with van der Waals surface area (Å²) in [6, 6.07) is 16.3. The standard InChI is InChI=1S/C21H25N5.HI/c1-14-9-10-19(11-15(14)2)24-21(22)23-13-18-7-5-6-8-20(18)26-17(4)12-16(3)25-26;/h5-12H,13H2,1-4H3,(H3,22,23,24);1H. The van der Waals surface area contributed by atoms with Gasteiger partial charge in [0.15, 0.2) is 5.96 Å². The van der Waals surface area contributed by atoms with Gasteiger partial charge in [-0.15, -0.1) is 24.0 Å². The van der Waals surface area contributed by atoms with Gasteiger partial charge in [0, 0.05) is 11.4 Å². The summed E-state index contributed by atoms with van der Waals surface area (Å²) in [5.41, 5.74) is 13.7. The van der Waals surface area contributed by atoms with Crippen molar-refractivity contribution in [2.75, 3.05) is 5.32 Å². The van der Waals surface area contributed by atoms with E-state index in [2.05, 4.69) is 66.5 Å². The van der Waals surface area contributed by atoms with E-state index in [0.717, 1.165) is 28.3 Å². The average molecular weight is 475 g/mol. The third kappa shape index (κ3) is 5.09. The van der Waals surface area contributed by atoms with Crippen LogP contribution in [0.1, 0.15) is 28.1 Å². The topological polar surface area (TPSA) is 68.2 Å². The lowest BCUT2D eigenvalue weighted by atomic mass is 10.1. The number of hydrogen-bond donors (Lipinski definition) is 2. The Kier molecular flexibility index (Phi) is 7.01. The fraction of sp³-hybridized carbons (Fsp3) is 0.238. The molecule has 3 rings (SSSR count). The van der Waals surface area contributed by atoms with Gasteiger partial charge in [-0.2, -0.15) is 5.10 Å². The van der Waals surface area contributed by atoms with Crippen molar-refractivity contribution in [3.63, 3.8) is 0 Å². The van der Waals surface area contributed by atoms with Gasteiger partial charge in [0.1, 0.15) is 0 Å². The smallest absolute Gasteiger partial charge is 0.193 e. The second-order valence-electron chi connectivity index (χ2n) is 6.59. The van der Waals surface area contributed by atoms with E-state index in [1.165, 1.54) is 11.1 Å². The SMILES string of the molecule is Cc1cc(C)n(-c2ccccc2CN=C(N)Nc2ccc(C)c(C)c2)n1.I. The van der Waals surface area contributed by atoms with E-state index in [-0.39, 0.29) is 24.0 Å². The van der Waals surface area contributed by atoms with E-state index < -0.39 is 0 Å². The van der Waals surface area contributed by atoms with Gasteiger partial charge in [-0.3, -0.25) is 0 Å². The predicted molar refractivity (Wildman–Crippen MR) is 123 cm³/mol. The van der Waals surface area contributed by atoms with Crippen molar-refractivity contribution in [3.05, 3.63) is 76.6 Å². The first-order valence-corrected chi connectivity index (χ1v) is 8.70. The third-order valence-electron chi connectivity index (χ3n) is 4.43. The zero-order chi connectivity index (χ0) is 18.7. The number of anilines is 1. The number of nitrogens with zero attached hydrogens (tertiary/aromatic N) is 3.